The lowest BCUT2D eigenvalue weighted by atomic mass is 9.93. The Hall–Kier alpha value is -2.40. The Morgan fingerprint density at radius 1 is 1.38 bits per heavy atom. The van der Waals surface area contributed by atoms with Crippen molar-refractivity contribution in [2.45, 2.75) is 32.4 Å². The van der Waals surface area contributed by atoms with Gasteiger partial charge in [0.05, 0.1) is 18.9 Å². The molecule has 1 aliphatic heterocycles. The highest BCUT2D eigenvalue weighted by Crippen LogP contribution is 2.33. The third kappa shape index (κ3) is 3.41. The second-order valence-electron chi connectivity index (χ2n) is 6.55. The predicted octanol–water partition coefficient (Wildman–Crippen LogP) is 3.20. The molecule has 24 heavy (non-hydrogen) atoms. The molecule has 1 heterocycles. The maximum Gasteiger partial charge on any atom is 0.335 e. The van der Waals surface area contributed by atoms with Crippen molar-refractivity contribution in [2.75, 3.05) is 6.61 Å². The molecule has 5 heteroatoms. The first-order valence-corrected chi connectivity index (χ1v) is 8.10. The van der Waals surface area contributed by atoms with Gasteiger partial charge in [0, 0.05) is 11.6 Å². The van der Waals surface area contributed by atoms with Crippen LogP contribution in [0.15, 0.2) is 59.4 Å². The average molecular weight is 326 g/mol. The number of carbonyl (C=O) groups is 1. The highest BCUT2D eigenvalue weighted by Gasteiger charge is 2.35. The van der Waals surface area contributed by atoms with Gasteiger partial charge in [-0.05, 0) is 31.9 Å². The molecule has 3 rings (SSSR count). The van der Waals surface area contributed by atoms with E-state index in [2.05, 4.69) is 24.3 Å². The van der Waals surface area contributed by atoms with E-state index in [-0.39, 0.29) is 12.5 Å². The summed E-state index contributed by atoms with van der Waals surface area (Å²) >= 11 is 0. The van der Waals surface area contributed by atoms with Gasteiger partial charge >= 0.3 is 5.97 Å². The molecule has 5 nitrogen and oxygen atoms in total. The molecule has 0 bridgehead atoms. The van der Waals surface area contributed by atoms with Crippen LogP contribution in [0.3, 0.4) is 0 Å². The Morgan fingerprint density at radius 2 is 2.12 bits per heavy atom. The molecule has 1 aliphatic carbocycles. The summed E-state index contributed by atoms with van der Waals surface area (Å²) in [4.78, 5) is 11.2. The minimum absolute atomic E-state index is 0.170. The molecule has 0 fully saturated rings. The van der Waals surface area contributed by atoms with E-state index in [1.165, 1.54) is 5.56 Å². The summed E-state index contributed by atoms with van der Waals surface area (Å²) < 4.78 is 5.61. The Morgan fingerprint density at radius 3 is 2.83 bits per heavy atom. The van der Waals surface area contributed by atoms with Crippen molar-refractivity contribution in [3.05, 3.63) is 59.8 Å². The van der Waals surface area contributed by atoms with Gasteiger partial charge in [0.25, 0.3) is 0 Å². The number of hydrazone groups is 1. The number of benzene rings is 1. The van der Waals surface area contributed by atoms with E-state index in [0.717, 1.165) is 17.8 Å². The van der Waals surface area contributed by atoms with E-state index < -0.39 is 11.6 Å². The topological polar surface area (TPSA) is 62.1 Å². The standard InChI is InChI=1S/C19H22N2O3/c1-19(2,18(22)23)24-13-16-15-10-6-7-11-17(15)21(20-16)12-14-8-4-3-5-9-14/h3-9,11,15H,10,12-13H2,1-2H3,(H,22,23). The molecule has 0 saturated heterocycles. The molecule has 126 valence electrons. The number of rotatable bonds is 6. The summed E-state index contributed by atoms with van der Waals surface area (Å²) in [5.41, 5.74) is 2.00. The predicted molar refractivity (Wildman–Crippen MR) is 92.4 cm³/mol. The van der Waals surface area contributed by atoms with Crippen molar-refractivity contribution >= 4 is 11.7 Å². The fourth-order valence-electron chi connectivity index (χ4n) is 2.80. The smallest absolute Gasteiger partial charge is 0.335 e. The van der Waals surface area contributed by atoms with Crippen LogP contribution in [0.2, 0.25) is 0 Å². The van der Waals surface area contributed by atoms with Gasteiger partial charge in [0.1, 0.15) is 0 Å². The van der Waals surface area contributed by atoms with Gasteiger partial charge in [-0.25, -0.2) is 4.79 Å². The van der Waals surface area contributed by atoms with Crippen molar-refractivity contribution < 1.29 is 14.6 Å². The number of allylic oxidation sites excluding steroid dienone is 4. The van der Waals surface area contributed by atoms with Crippen LogP contribution in [0.5, 0.6) is 0 Å². The van der Waals surface area contributed by atoms with E-state index in [1.54, 1.807) is 13.8 Å². The number of fused-ring (bicyclic) bond motifs is 1. The fourth-order valence-corrected chi connectivity index (χ4v) is 2.80. The van der Waals surface area contributed by atoms with E-state index >= 15 is 0 Å². The molecule has 1 atom stereocenters. The van der Waals surface area contributed by atoms with Crippen molar-refractivity contribution in [3.8, 4) is 0 Å². The lowest BCUT2D eigenvalue weighted by Crippen LogP contribution is -2.37. The Bertz CT molecular complexity index is 705. The second kappa shape index (κ2) is 6.61. The number of hydrogen-bond acceptors (Lipinski definition) is 4. The van der Waals surface area contributed by atoms with Crippen LogP contribution < -0.4 is 0 Å². The minimum Gasteiger partial charge on any atom is -0.479 e. The van der Waals surface area contributed by atoms with Gasteiger partial charge in [-0.3, -0.25) is 5.01 Å². The molecule has 1 N–H and O–H groups in total. The van der Waals surface area contributed by atoms with Crippen LogP contribution in [0, 0.1) is 5.92 Å². The molecular formula is C19H22N2O3. The van der Waals surface area contributed by atoms with Crippen molar-refractivity contribution in [3.63, 3.8) is 0 Å². The van der Waals surface area contributed by atoms with Gasteiger partial charge in [-0.1, -0.05) is 42.5 Å². The minimum atomic E-state index is -1.22. The number of ether oxygens (including phenoxy) is 1. The number of carboxylic acid groups (broad SMARTS) is 1. The Balaban J connectivity index is 1.76. The highest BCUT2D eigenvalue weighted by molar-refractivity contribution is 5.92. The van der Waals surface area contributed by atoms with Gasteiger partial charge < -0.3 is 9.84 Å². The third-order valence-corrected chi connectivity index (χ3v) is 4.35. The number of hydrogen-bond donors (Lipinski definition) is 1. The molecule has 1 aromatic carbocycles. The molecule has 2 aliphatic rings. The zero-order valence-corrected chi connectivity index (χ0v) is 14.0. The summed E-state index contributed by atoms with van der Waals surface area (Å²) in [6.45, 7) is 4.04. The zero-order valence-electron chi connectivity index (χ0n) is 14.0. The van der Waals surface area contributed by atoms with E-state index in [1.807, 2.05) is 29.3 Å². The van der Waals surface area contributed by atoms with Crippen LogP contribution >= 0.6 is 0 Å². The zero-order chi connectivity index (χ0) is 17.2. The maximum absolute atomic E-state index is 11.2. The van der Waals surface area contributed by atoms with E-state index in [4.69, 9.17) is 9.84 Å². The maximum atomic E-state index is 11.2. The molecule has 0 saturated carbocycles. The van der Waals surface area contributed by atoms with Crippen molar-refractivity contribution in [1.29, 1.82) is 0 Å². The first kappa shape index (κ1) is 16.5. The first-order chi connectivity index (χ1) is 11.5. The van der Waals surface area contributed by atoms with Crippen LogP contribution in [0.25, 0.3) is 0 Å². The molecule has 1 aromatic rings. The third-order valence-electron chi connectivity index (χ3n) is 4.35. The fraction of sp³-hybridized carbons (Fsp3) is 0.368. The Labute approximate surface area is 141 Å². The quantitative estimate of drug-likeness (QED) is 0.872. The van der Waals surface area contributed by atoms with Gasteiger partial charge in [0.2, 0.25) is 0 Å². The molecular weight excluding hydrogens is 304 g/mol. The number of nitrogens with zero attached hydrogens (tertiary/aromatic N) is 2. The van der Waals surface area contributed by atoms with Crippen LogP contribution in [0.4, 0.5) is 0 Å². The first-order valence-electron chi connectivity index (χ1n) is 8.10. The molecule has 0 amide bonds. The monoisotopic (exact) mass is 326 g/mol. The molecule has 0 aromatic heterocycles. The largest absolute Gasteiger partial charge is 0.479 e. The lowest BCUT2D eigenvalue weighted by molar-refractivity contribution is -0.159. The molecule has 0 spiro atoms. The van der Waals surface area contributed by atoms with Crippen molar-refractivity contribution in [2.24, 2.45) is 11.0 Å². The summed E-state index contributed by atoms with van der Waals surface area (Å²) in [6.07, 6.45) is 7.10. The molecule has 0 radical (unpaired) electrons. The van der Waals surface area contributed by atoms with Gasteiger partial charge in [-0.2, -0.15) is 5.10 Å². The lowest BCUT2D eigenvalue weighted by Gasteiger charge is -2.23. The highest BCUT2D eigenvalue weighted by atomic mass is 16.5. The second-order valence-corrected chi connectivity index (χ2v) is 6.55. The summed E-state index contributed by atoms with van der Waals surface area (Å²) in [5, 5.41) is 15.9. The number of aliphatic carboxylic acids is 1. The number of carboxylic acids is 1. The van der Waals surface area contributed by atoms with Gasteiger partial charge in [-0.15, -0.1) is 0 Å². The SMILES string of the molecule is CC(C)(OCC1=NN(Cc2ccccc2)C2=CC=CCC21)C(=O)O. The van der Waals surface area contributed by atoms with Crippen LogP contribution in [-0.4, -0.2) is 34.0 Å². The van der Waals surface area contributed by atoms with Crippen LogP contribution in [0.1, 0.15) is 25.8 Å². The van der Waals surface area contributed by atoms with E-state index in [0.29, 0.717) is 6.54 Å². The summed E-state index contributed by atoms with van der Waals surface area (Å²) in [5.74, 6) is -0.801. The average Bonchev–Trinajstić information content (AvgIpc) is 2.92. The van der Waals surface area contributed by atoms with Crippen molar-refractivity contribution in [1.82, 2.24) is 5.01 Å². The van der Waals surface area contributed by atoms with Crippen LogP contribution in [-0.2, 0) is 16.1 Å². The van der Waals surface area contributed by atoms with Gasteiger partial charge in [0.15, 0.2) is 5.60 Å². The summed E-state index contributed by atoms with van der Waals surface area (Å²) in [7, 11) is 0. The molecule has 1 unspecified atom stereocenters. The Kier molecular flexibility index (Phi) is 4.53. The normalized spacial score (nSPS) is 19.8. The summed E-state index contributed by atoms with van der Waals surface area (Å²) in [6, 6.07) is 10.2. The van der Waals surface area contributed by atoms with E-state index in [9.17, 15) is 9.90 Å².